The van der Waals surface area contributed by atoms with E-state index in [-0.39, 0.29) is 38.9 Å². The third-order valence-electron chi connectivity index (χ3n) is 5.96. The summed E-state index contributed by atoms with van der Waals surface area (Å²) in [6, 6.07) is 13.8. The van der Waals surface area contributed by atoms with Gasteiger partial charge in [-0.05, 0) is 22.3 Å². The number of carbonyl (C=O) groups is 3. The Kier molecular flexibility index (Phi) is 6.90. The van der Waals surface area contributed by atoms with Crippen LogP contribution in [0, 0.1) is 0 Å². The second-order valence-corrected chi connectivity index (χ2v) is 7.94. The Morgan fingerprint density at radius 1 is 1.12 bits per heavy atom. The van der Waals surface area contributed by atoms with Gasteiger partial charge in [0.25, 0.3) is 0 Å². The van der Waals surface area contributed by atoms with Gasteiger partial charge in [0.1, 0.15) is 12.6 Å². The first-order valence-corrected chi connectivity index (χ1v) is 10.7. The predicted molar refractivity (Wildman–Crippen MR) is 118 cm³/mol. The van der Waals surface area contributed by atoms with Crippen molar-refractivity contribution in [1.82, 2.24) is 10.2 Å². The number of nitrogens with one attached hydrogen (secondary N) is 1. The maximum absolute atomic E-state index is 13.0. The number of nitrogens with zero attached hydrogens (tertiary/aromatic N) is 1. The van der Waals surface area contributed by atoms with Crippen molar-refractivity contribution < 1.29 is 33.7 Å². The van der Waals surface area contributed by atoms with Crippen molar-refractivity contribution in [3.8, 4) is 11.1 Å². The number of hydrogen-bond donors (Lipinski definition) is 2. The van der Waals surface area contributed by atoms with Crippen molar-refractivity contribution in [3.63, 3.8) is 0 Å². The first-order chi connectivity index (χ1) is 16.0. The molecule has 0 spiro atoms. The minimum atomic E-state index is -1.17. The van der Waals surface area contributed by atoms with Gasteiger partial charge >= 0.3 is 12.1 Å². The summed E-state index contributed by atoms with van der Waals surface area (Å²) in [6.07, 6.45) is -0.771. The number of hydrogen-bond acceptors (Lipinski definition) is 6. The van der Waals surface area contributed by atoms with Crippen molar-refractivity contribution in [3.05, 3.63) is 59.7 Å². The number of morpholine rings is 1. The van der Waals surface area contributed by atoms with Crippen LogP contribution < -0.4 is 5.32 Å². The van der Waals surface area contributed by atoms with Gasteiger partial charge in [-0.15, -0.1) is 0 Å². The number of ether oxygens (including phenoxy) is 3. The van der Waals surface area contributed by atoms with E-state index in [9.17, 15) is 19.5 Å². The Labute approximate surface area is 191 Å². The van der Waals surface area contributed by atoms with Crippen LogP contribution in [0.15, 0.2) is 48.5 Å². The van der Waals surface area contributed by atoms with Gasteiger partial charge in [-0.25, -0.2) is 9.59 Å². The highest BCUT2D eigenvalue weighted by atomic mass is 16.5. The Balaban J connectivity index is 1.43. The van der Waals surface area contributed by atoms with Crippen LogP contribution in [-0.2, 0) is 23.8 Å². The van der Waals surface area contributed by atoms with E-state index in [1.165, 1.54) is 12.0 Å². The predicted octanol–water partition coefficient (Wildman–Crippen LogP) is 1.85. The molecular formula is C24H26N2O7. The molecule has 1 heterocycles. The standard InChI is InChI=1S/C24H26N2O7/c1-31-13-20(22(27)26-10-11-32-14-21(26)23(28)29)25-24(30)33-12-19-17-8-4-2-6-15(17)16-7-3-5-9-18(16)19/h2-9,19-21H,10-14H2,1H3,(H,25,30)(H,28,29). The van der Waals surface area contributed by atoms with E-state index in [4.69, 9.17) is 14.2 Å². The quantitative estimate of drug-likeness (QED) is 0.656. The van der Waals surface area contributed by atoms with E-state index in [2.05, 4.69) is 5.32 Å². The number of aliphatic carboxylic acids is 1. The molecule has 2 N–H and O–H groups in total. The average Bonchev–Trinajstić information content (AvgIpc) is 3.15. The zero-order valence-electron chi connectivity index (χ0n) is 18.2. The highest BCUT2D eigenvalue weighted by Crippen LogP contribution is 2.44. The molecule has 1 fully saturated rings. The van der Waals surface area contributed by atoms with Gasteiger partial charge in [-0.3, -0.25) is 4.79 Å². The van der Waals surface area contributed by atoms with Crippen molar-refractivity contribution in [1.29, 1.82) is 0 Å². The highest BCUT2D eigenvalue weighted by molar-refractivity contribution is 5.89. The lowest BCUT2D eigenvalue weighted by atomic mass is 9.98. The molecule has 2 amide bonds. The number of benzene rings is 2. The Bertz CT molecular complexity index is 995. The molecule has 2 atom stereocenters. The molecule has 0 radical (unpaired) electrons. The topological polar surface area (TPSA) is 114 Å². The van der Waals surface area contributed by atoms with Gasteiger partial charge in [0, 0.05) is 19.6 Å². The van der Waals surface area contributed by atoms with Crippen LogP contribution in [0.25, 0.3) is 11.1 Å². The second kappa shape index (κ2) is 10.0. The van der Waals surface area contributed by atoms with Gasteiger partial charge in [-0.2, -0.15) is 0 Å². The van der Waals surface area contributed by atoms with Crippen molar-refractivity contribution in [2.45, 2.75) is 18.0 Å². The SMILES string of the molecule is COCC(NC(=O)OCC1c2ccccc2-c2ccccc21)C(=O)N1CCOCC1C(=O)O. The molecular weight excluding hydrogens is 428 g/mol. The lowest BCUT2D eigenvalue weighted by Crippen LogP contribution is -2.59. The molecule has 174 valence electrons. The maximum Gasteiger partial charge on any atom is 0.407 e. The molecule has 2 aromatic carbocycles. The number of carbonyl (C=O) groups excluding carboxylic acids is 2. The van der Waals surface area contributed by atoms with Crippen molar-refractivity contribution in [2.75, 3.05) is 40.1 Å². The first-order valence-electron chi connectivity index (χ1n) is 10.7. The normalized spacial score (nSPS) is 18.2. The van der Waals surface area contributed by atoms with E-state index in [0.717, 1.165) is 22.3 Å². The fourth-order valence-corrected chi connectivity index (χ4v) is 4.40. The molecule has 2 aliphatic rings. The van der Waals surface area contributed by atoms with Gasteiger partial charge < -0.3 is 29.5 Å². The number of fused-ring (bicyclic) bond motifs is 3. The molecule has 0 saturated carbocycles. The van der Waals surface area contributed by atoms with Crippen LogP contribution >= 0.6 is 0 Å². The lowest BCUT2D eigenvalue weighted by Gasteiger charge is -2.35. The fraction of sp³-hybridized carbons (Fsp3) is 0.375. The number of methoxy groups -OCH3 is 1. The third kappa shape index (κ3) is 4.69. The van der Waals surface area contributed by atoms with E-state index in [1.54, 1.807) is 0 Å². The number of rotatable bonds is 7. The van der Waals surface area contributed by atoms with Crippen LogP contribution in [0.4, 0.5) is 4.79 Å². The van der Waals surface area contributed by atoms with Crippen LogP contribution in [-0.4, -0.2) is 80.1 Å². The highest BCUT2D eigenvalue weighted by Gasteiger charge is 2.37. The Hall–Kier alpha value is -3.43. The van der Waals surface area contributed by atoms with Crippen LogP contribution in [0.5, 0.6) is 0 Å². The summed E-state index contributed by atoms with van der Waals surface area (Å²) in [5.74, 6) is -1.84. The van der Waals surface area contributed by atoms with Crippen molar-refractivity contribution >= 4 is 18.0 Å². The van der Waals surface area contributed by atoms with Gasteiger partial charge in [0.05, 0.1) is 19.8 Å². The summed E-state index contributed by atoms with van der Waals surface area (Å²) in [6.45, 7) is 0.212. The molecule has 9 heteroatoms. The largest absolute Gasteiger partial charge is 0.480 e. The molecule has 0 bridgehead atoms. The van der Waals surface area contributed by atoms with Crippen molar-refractivity contribution in [2.24, 2.45) is 0 Å². The molecule has 2 unspecified atom stereocenters. The third-order valence-corrected chi connectivity index (χ3v) is 5.96. The summed E-state index contributed by atoms with van der Waals surface area (Å²) < 4.78 is 15.8. The van der Waals surface area contributed by atoms with E-state index < -0.39 is 30.1 Å². The summed E-state index contributed by atoms with van der Waals surface area (Å²) in [7, 11) is 1.40. The molecule has 1 aliphatic heterocycles. The van der Waals surface area contributed by atoms with Crippen LogP contribution in [0.3, 0.4) is 0 Å². The maximum atomic E-state index is 13.0. The van der Waals surface area contributed by atoms with Gasteiger partial charge in [0.2, 0.25) is 5.91 Å². The Morgan fingerprint density at radius 2 is 1.76 bits per heavy atom. The summed E-state index contributed by atoms with van der Waals surface area (Å²) in [5, 5.41) is 11.9. The first kappa shape index (κ1) is 22.8. The monoisotopic (exact) mass is 454 g/mol. The zero-order valence-corrected chi connectivity index (χ0v) is 18.2. The van der Waals surface area contributed by atoms with Crippen LogP contribution in [0.2, 0.25) is 0 Å². The van der Waals surface area contributed by atoms with E-state index >= 15 is 0 Å². The average molecular weight is 454 g/mol. The number of alkyl carbamates (subject to hydrolysis) is 1. The fourth-order valence-electron chi connectivity index (χ4n) is 4.40. The van der Waals surface area contributed by atoms with Gasteiger partial charge in [-0.1, -0.05) is 48.5 Å². The molecule has 33 heavy (non-hydrogen) atoms. The molecule has 1 saturated heterocycles. The zero-order chi connectivity index (χ0) is 23.4. The second-order valence-electron chi connectivity index (χ2n) is 7.94. The molecule has 2 aromatic rings. The number of amides is 2. The molecule has 1 aliphatic carbocycles. The smallest absolute Gasteiger partial charge is 0.407 e. The summed E-state index contributed by atoms with van der Waals surface area (Å²) in [5.41, 5.74) is 4.38. The van der Waals surface area contributed by atoms with Crippen LogP contribution in [0.1, 0.15) is 17.0 Å². The summed E-state index contributed by atoms with van der Waals surface area (Å²) >= 11 is 0. The molecule has 0 aromatic heterocycles. The molecule has 4 rings (SSSR count). The number of carboxylic acids is 1. The molecule has 9 nitrogen and oxygen atoms in total. The van der Waals surface area contributed by atoms with E-state index in [0.29, 0.717) is 0 Å². The number of carboxylic acid groups (broad SMARTS) is 1. The summed E-state index contributed by atoms with van der Waals surface area (Å²) in [4.78, 5) is 38.3. The lowest BCUT2D eigenvalue weighted by molar-refractivity contribution is -0.159. The van der Waals surface area contributed by atoms with E-state index in [1.807, 2.05) is 48.5 Å². The Morgan fingerprint density at radius 3 is 2.36 bits per heavy atom. The minimum absolute atomic E-state index is 0.100. The minimum Gasteiger partial charge on any atom is -0.480 e. The van der Waals surface area contributed by atoms with Gasteiger partial charge in [0.15, 0.2) is 6.04 Å².